The average molecular weight is 385 g/mol. The summed E-state index contributed by atoms with van der Waals surface area (Å²) in [4.78, 5) is 30.8. The summed E-state index contributed by atoms with van der Waals surface area (Å²) in [5.41, 5.74) is 1.03. The quantitative estimate of drug-likeness (QED) is 0.844. The maximum atomic E-state index is 12.7. The first kappa shape index (κ1) is 19.9. The van der Waals surface area contributed by atoms with Crippen LogP contribution in [0.5, 0.6) is 0 Å². The van der Waals surface area contributed by atoms with Crippen LogP contribution in [0.15, 0.2) is 24.3 Å². The Balaban J connectivity index is 1.58. The molecule has 0 aliphatic carbocycles. The van der Waals surface area contributed by atoms with Gasteiger partial charge in [-0.05, 0) is 64.8 Å². The van der Waals surface area contributed by atoms with Crippen LogP contribution >= 0.6 is 0 Å². The number of carbonyl (C=O) groups excluding carboxylic acids is 2. The summed E-state index contributed by atoms with van der Waals surface area (Å²) in [6.07, 6.45) is 1.16. The van der Waals surface area contributed by atoms with Gasteiger partial charge in [0, 0.05) is 24.3 Å². The SMILES string of the molecule is Cc1nc(-c2ccc(NC(=O)C3CCCN(C(=O)OC(C)(C)C)C3)cc2)n[nH]1. The van der Waals surface area contributed by atoms with Gasteiger partial charge in [0.1, 0.15) is 11.4 Å². The molecule has 8 heteroatoms. The van der Waals surface area contributed by atoms with Gasteiger partial charge >= 0.3 is 6.09 Å². The van der Waals surface area contributed by atoms with E-state index in [1.54, 1.807) is 4.90 Å². The highest BCUT2D eigenvalue weighted by Gasteiger charge is 2.31. The van der Waals surface area contributed by atoms with Gasteiger partial charge in [-0.25, -0.2) is 9.78 Å². The fourth-order valence-electron chi connectivity index (χ4n) is 3.10. The van der Waals surface area contributed by atoms with Gasteiger partial charge in [-0.2, -0.15) is 5.10 Å². The third kappa shape index (κ3) is 5.09. The molecule has 1 aliphatic heterocycles. The maximum absolute atomic E-state index is 12.7. The highest BCUT2D eigenvalue weighted by Crippen LogP contribution is 2.22. The molecule has 2 N–H and O–H groups in total. The molecule has 1 aliphatic rings. The van der Waals surface area contributed by atoms with Crippen molar-refractivity contribution in [3.05, 3.63) is 30.1 Å². The van der Waals surface area contributed by atoms with Crippen molar-refractivity contribution in [2.45, 2.75) is 46.1 Å². The fourth-order valence-corrected chi connectivity index (χ4v) is 3.10. The summed E-state index contributed by atoms with van der Waals surface area (Å²) in [6.45, 7) is 8.34. The molecule has 0 saturated carbocycles. The molecule has 1 atom stereocenters. The standard InChI is InChI=1S/C20H27N5O3/c1-13-21-17(24-23-13)14-7-9-16(10-8-14)22-18(26)15-6-5-11-25(12-15)19(27)28-20(2,3)4/h7-10,15H,5-6,11-12H2,1-4H3,(H,22,26)(H,21,23,24). The fraction of sp³-hybridized carbons (Fsp3) is 0.500. The number of ether oxygens (including phenoxy) is 1. The zero-order chi connectivity index (χ0) is 20.3. The Labute approximate surface area is 164 Å². The number of H-pyrrole nitrogens is 1. The van der Waals surface area contributed by atoms with Crippen molar-refractivity contribution in [1.29, 1.82) is 0 Å². The molecule has 0 spiro atoms. The molecule has 2 heterocycles. The van der Waals surface area contributed by atoms with Crippen LogP contribution in [-0.4, -0.2) is 50.8 Å². The normalized spacial score (nSPS) is 17.3. The molecule has 1 saturated heterocycles. The number of anilines is 1. The van der Waals surface area contributed by atoms with Crippen LogP contribution in [0.25, 0.3) is 11.4 Å². The molecular formula is C20H27N5O3. The topological polar surface area (TPSA) is 100 Å². The second kappa shape index (κ2) is 8.00. The highest BCUT2D eigenvalue weighted by molar-refractivity contribution is 5.93. The lowest BCUT2D eigenvalue weighted by Gasteiger charge is -2.33. The first-order valence-electron chi connectivity index (χ1n) is 9.49. The van der Waals surface area contributed by atoms with Crippen molar-refractivity contribution < 1.29 is 14.3 Å². The molecule has 1 unspecified atom stereocenters. The Hall–Kier alpha value is -2.90. The number of nitrogens with one attached hydrogen (secondary N) is 2. The summed E-state index contributed by atoms with van der Waals surface area (Å²) in [6, 6.07) is 7.39. The van der Waals surface area contributed by atoms with Crippen LogP contribution in [0.3, 0.4) is 0 Å². The van der Waals surface area contributed by atoms with Crippen molar-refractivity contribution in [2.24, 2.45) is 5.92 Å². The van der Waals surface area contributed by atoms with Gasteiger partial charge < -0.3 is 15.0 Å². The molecule has 1 aromatic carbocycles. The van der Waals surface area contributed by atoms with E-state index in [-0.39, 0.29) is 17.9 Å². The number of nitrogens with zero attached hydrogens (tertiary/aromatic N) is 3. The van der Waals surface area contributed by atoms with Gasteiger partial charge in [0.05, 0.1) is 5.92 Å². The molecule has 2 amide bonds. The highest BCUT2D eigenvalue weighted by atomic mass is 16.6. The smallest absolute Gasteiger partial charge is 0.410 e. The van der Waals surface area contributed by atoms with E-state index in [0.717, 1.165) is 24.2 Å². The van der Waals surface area contributed by atoms with Gasteiger partial charge in [-0.1, -0.05) is 0 Å². The molecule has 8 nitrogen and oxygen atoms in total. The lowest BCUT2D eigenvalue weighted by molar-refractivity contribution is -0.121. The van der Waals surface area contributed by atoms with Crippen LogP contribution in [0, 0.1) is 12.8 Å². The molecule has 1 fully saturated rings. The zero-order valence-electron chi connectivity index (χ0n) is 16.8. The van der Waals surface area contributed by atoms with E-state index in [1.807, 2.05) is 52.0 Å². The average Bonchev–Trinajstić information content (AvgIpc) is 3.07. The summed E-state index contributed by atoms with van der Waals surface area (Å²) in [5.74, 6) is 1.03. The molecule has 2 aromatic rings. The summed E-state index contributed by atoms with van der Waals surface area (Å²) >= 11 is 0. The predicted molar refractivity (Wildman–Crippen MR) is 106 cm³/mol. The number of hydrogen-bond acceptors (Lipinski definition) is 5. The zero-order valence-corrected chi connectivity index (χ0v) is 16.8. The minimum Gasteiger partial charge on any atom is -0.444 e. The number of hydrogen-bond donors (Lipinski definition) is 2. The third-order valence-electron chi connectivity index (χ3n) is 4.45. The molecule has 150 valence electrons. The number of aromatic amines is 1. The third-order valence-corrected chi connectivity index (χ3v) is 4.45. The number of aromatic nitrogens is 3. The van der Waals surface area contributed by atoms with E-state index in [4.69, 9.17) is 4.74 Å². The summed E-state index contributed by atoms with van der Waals surface area (Å²) in [7, 11) is 0. The molecule has 0 radical (unpaired) electrons. The first-order chi connectivity index (χ1) is 13.2. The van der Waals surface area contributed by atoms with E-state index >= 15 is 0 Å². The number of aryl methyl sites for hydroxylation is 1. The van der Waals surface area contributed by atoms with Gasteiger partial charge in [-0.3, -0.25) is 9.89 Å². The van der Waals surface area contributed by atoms with E-state index < -0.39 is 5.60 Å². The van der Waals surface area contributed by atoms with Crippen LogP contribution in [-0.2, 0) is 9.53 Å². The van der Waals surface area contributed by atoms with Gasteiger partial charge in [0.2, 0.25) is 5.91 Å². The first-order valence-corrected chi connectivity index (χ1v) is 9.49. The van der Waals surface area contributed by atoms with Crippen LogP contribution < -0.4 is 5.32 Å². The summed E-state index contributed by atoms with van der Waals surface area (Å²) in [5, 5.41) is 9.88. The van der Waals surface area contributed by atoms with Crippen molar-refractivity contribution in [2.75, 3.05) is 18.4 Å². The van der Waals surface area contributed by atoms with Crippen LogP contribution in [0.1, 0.15) is 39.4 Å². The molecule has 1 aromatic heterocycles. The Kier molecular flexibility index (Phi) is 5.67. The van der Waals surface area contributed by atoms with E-state index in [2.05, 4.69) is 20.5 Å². The Morgan fingerprint density at radius 1 is 1.25 bits per heavy atom. The van der Waals surface area contributed by atoms with Gasteiger partial charge in [-0.15, -0.1) is 0 Å². The molecular weight excluding hydrogens is 358 g/mol. The van der Waals surface area contributed by atoms with E-state index in [0.29, 0.717) is 24.6 Å². The van der Waals surface area contributed by atoms with Crippen LogP contribution in [0.2, 0.25) is 0 Å². The predicted octanol–water partition coefficient (Wildman–Crippen LogP) is 3.37. The number of piperidine rings is 1. The Morgan fingerprint density at radius 2 is 1.96 bits per heavy atom. The number of amides is 2. The Bertz CT molecular complexity index is 838. The monoisotopic (exact) mass is 385 g/mol. The van der Waals surface area contributed by atoms with Crippen molar-refractivity contribution in [3.8, 4) is 11.4 Å². The molecule has 28 heavy (non-hydrogen) atoms. The minimum absolute atomic E-state index is 0.0882. The van der Waals surface area contributed by atoms with Gasteiger partial charge in [0.15, 0.2) is 5.82 Å². The van der Waals surface area contributed by atoms with E-state index in [9.17, 15) is 9.59 Å². The molecule has 0 bridgehead atoms. The van der Waals surface area contributed by atoms with Crippen molar-refractivity contribution in [3.63, 3.8) is 0 Å². The van der Waals surface area contributed by atoms with Gasteiger partial charge in [0.25, 0.3) is 0 Å². The van der Waals surface area contributed by atoms with Crippen molar-refractivity contribution in [1.82, 2.24) is 20.1 Å². The second-order valence-corrected chi connectivity index (χ2v) is 8.08. The van der Waals surface area contributed by atoms with E-state index in [1.165, 1.54) is 0 Å². The largest absolute Gasteiger partial charge is 0.444 e. The maximum Gasteiger partial charge on any atom is 0.410 e. The lowest BCUT2D eigenvalue weighted by atomic mass is 9.97. The lowest BCUT2D eigenvalue weighted by Crippen LogP contribution is -2.45. The van der Waals surface area contributed by atoms with Crippen LogP contribution in [0.4, 0.5) is 10.5 Å². The number of carbonyl (C=O) groups is 2. The summed E-state index contributed by atoms with van der Waals surface area (Å²) < 4.78 is 5.42. The molecule has 3 rings (SSSR count). The van der Waals surface area contributed by atoms with Crippen molar-refractivity contribution >= 4 is 17.7 Å². The number of benzene rings is 1. The Morgan fingerprint density at radius 3 is 2.57 bits per heavy atom. The number of rotatable bonds is 3. The minimum atomic E-state index is -0.546. The second-order valence-electron chi connectivity index (χ2n) is 8.08. The number of likely N-dealkylation sites (tertiary alicyclic amines) is 1.